The predicted molar refractivity (Wildman–Crippen MR) is 56.7 cm³/mol. The van der Waals surface area contributed by atoms with Crippen LogP contribution in [0, 0.1) is 0 Å². The molecule has 0 radical (unpaired) electrons. The third-order valence-electron chi connectivity index (χ3n) is 2.85. The Morgan fingerprint density at radius 2 is 2.40 bits per heavy atom. The number of nitrogens with zero attached hydrogens (tertiary/aromatic N) is 1. The Hall–Kier alpha value is -0.650. The van der Waals surface area contributed by atoms with Crippen molar-refractivity contribution in [1.29, 1.82) is 0 Å². The first-order chi connectivity index (χ1) is 7.08. The lowest BCUT2D eigenvalue weighted by Crippen LogP contribution is -2.59. The molecule has 15 heavy (non-hydrogen) atoms. The monoisotopic (exact) mass is 216 g/mol. The fourth-order valence-electron chi connectivity index (χ4n) is 1.97. The maximum absolute atomic E-state index is 11.0. The van der Waals surface area contributed by atoms with E-state index in [1.807, 2.05) is 0 Å². The molecular weight excluding hydrogens is 196 g/mol. The summed E-state index contributed by atoms with van der Waals surface area (Å²) in [5.41, 5.74) is 4.77. The molecule has 3 N–H and O–H groups in total. The minimum atomic E-state index is -1.05. The second-order valence-electron chi connectivity index (χ2n) is 4.19. The number of hydrogen-bond donors (Lipinski definition) is 2. The molecule has 1 atom stereocenters. The molecule has 0 amide bonds. The Kier molecular flexibility index (Phi) is 4.50. The SMILES string of the molecule is COCCCN1CCCC(N)(C(=O)O)C1. The Labute approximate surface area is 90.2 Å². The van der Waals surface area contributed by atoms with E-state index in [9.17, 15) is 4.79 Å². The molecule has 1 unspecified atom stereocenters. The standard InChI is InChI=1S/C10H20N2O3/c1-15-7-3-6-12-5-2-4-10(11,8-12)9(13)14/h2-8,11H2,1H3,(H,13,14). The Bertz CT molecular complexity index is 223. The van der Waals surface area contributed by atoms with Gasteiger partial charge in [0.15, 0.2) is 0 Å². The first kappa shape index (κ1) is 12.4. The van der Waals surface area contributed by atoms with E-state index >= 15 is 0 Å². The van der Waals surface area contributed by atoms with Crippen LogP contribution in [0.3, 0.4) is 0 Å². The van der Waals surface area contributed by atoms with E-state index in [0.29, 0.717) is 19.6 Å². The molecule has 1 aliphatic rings. The van der Waals surface area contributed by atoms with E-state index in [4.69, 9.17) is 15.6 Å². The zero-order valence-corrected chi connectivity index (χ0v) is 9.24. The number of aliphatic carboxylic acids is 1. The van der Waals surface area contributed by atoms with Gasteiger partial charge in [-0.15, -0.1) is 0 Å². The molecule has 88 valence electrons. The Balaban J connectivity index is 2.38. The third kappa shape index (κ3) is 3.44. The summed E-state index contributed by atoms with van der Waals surface area (Å²) in [5.74, 6) is -0.890. The van der Waals surface area contributed by atoms with Crippen LogP contribution in [-0.2, 0) is 9.53 Å². The number of carboxylic acids is 1. The van der Waals surface area contributed by atoms with Crippen LogP contribution in [0.4, 0.5) is 0 Å². The van der Waals surface area contributed by atoms with Gasteiger partial charge in [-0.1, -0.05) is 0 Å². The molecule has 1 aliphatic heterocycles. The van der Waals surface area contributed by atoms with Gasteiger partial charge in [0.25, 0.3) is 0 Å². The van der Waals surface area contributed by atoms with Crippen LogP contribution in [-0.4, -0.2) is 54.9 Å². The van der Waals surface area contributed by atoms with E-state index in [0.717, 1.165) is 25.9 Å². The molecule has 0 aromatic heterocycles. The molecule has 0 saturated carbocycles. The number of rotatable bonds is 5. The number of carboxylic acid groups (broad SMARTS) is 1. The maximum Gasteiger partial charge on any atom is 0.325 e. The zero-order chi connectivity index (χ0) is 11.3. The minimum Gasteiger partial charge on any atom is -0.480 e. The van der Waals surface area contributed by atoms with E-state index in [1.165, 1.54) is 0 Å². The first-order valence-electron chi connectivity index (χ1n) is 5.32. The fraction of sp³-hybridized carbons (Fsp3) is 0.900. The van der Waals surface area contributed by atoms with Crippen molar-refractivity contribution >= 4 is 5.97 Å². The Morgan fingerprint density at radius 1 is 1.67 bits per heavy atom. The van der Waals surface area contributed by atoms with E-state index < -0.39 is 11.5 Å². The lowest BCUT2D eigenvalue weighted by Gasteiger charge is -2.37. The highest BCUT2D eigenvalue weighted by Crippen LogP contribution is 2.19. The van der Waals surface area contributed by atoms with Crippen molar-refractivity contribution < 1.29 is 14.6 Å². The van der Waals surface area contributed by atoms with Crippen LogP contribution in [0.25, 0.3) is 0 Å². The molecule has 0 bridgehead atoms. The summed E-state index contributed by atoms with van der Waals surface area (Å²) in [7, 11) is 1.67. The van der Waals surface area contributed by atoms with Crippen LogP contribution < -0.4 is 5.73 Å². The highest BCUT2D eigenvalue weighted by Gasteiger charge is 2.38. The van der Waals surface area contributed by atoms with Gasteiger partial charge >= 0.3 is 5.97 Å². The summed E-state index contributed by atoms with van der Waals surface area (Å²) in [5, 5.41) is 9.01. The predicted octanol–water partition coefficient (Wildman–Crippen LogP) is -0.0992. The number of ether oxygens (including phenoxy) is 1. The molecule has 1 rings (SSSR count). The number of hydrogen-bond acceptors (Lipinski definition) is 4. The summed E-state index contributed by atoms with van der Waals surface area (Å²) >= 11 is 0. The second kappa shape index (κ2) is 5.44. The van der Waals surface area contributed by atoms with Crippen molar-refractivity contribution in [2.45, 2.75) is 24.8 Å². The van der Waals surface area contributed by atoms with Crippen LogP contribution in [0.15, 0.2) is 0 Å². The van der Waals surface area contributed by atoms with Crippen molar-refractivity contribution in [2.75, 3.05) is 33.4 Å². The number of methoxy groups -OCH3 is 1. The summed E-state index contributed by atoms with van der Waals surface area (Å²) in [6.45, 7) is 2.96. The number of nitrogens with two attached hydrogens (primary N) is 1. The van der Waals surface area contributed by atoms with Crippen LogP contribution in [0.5, 0.6) is 0 Å². The van der Waals surface area contributed by atoms with E-state index in [-0.39, 0.29) is 0 Å². The molecule has 1 heterocycles. The van der Waals surface area contributed by atoms with Gasteiger partial charge in [0.05, 0.1) is 0 Å². The third-order valence-corrected chi connectivity index (χ3v) is 2.85. The smallest absolute Gasteiger partial charge is 0.325 e. The summed E-state index contributed by atoms with van der Waals surface area (Å²) in [6, 6.07) is 0. The van der Waals surface area contributed by atoms with E-state index in [2.05, 4.69) is 4.90 Å². The molecule has 5 nitrogen and oxygen atoms in total. The molecule has 0 spiro atoms. The van der Waals surface area contributed by atoms with Crippen molar-refractivity contribution in [3.05, 3.63) is 0 Å². The average molecular weight is 216 g/mol. The number of carbonyl (C=O) groups is 1. The highest BCUT2D eigenvalue weighted by atomic mass is 16.5. The fourth-order valence-corrected chi connectivity index (χ4v) is 1.97. The Morgan fingerprint density at radius 3 is 3.00 bits per heavy atom. The average Bonchev–Trinajstić information content (AvgIpc) is 2.18. The molecule has 0 aliphatic carbocycles. The second-order valence-corrected chi connectivity index (χ2v) is 4.19. The van der Waals surface area contributed by atoms with Crippen molar-refractivity contribution in [2.24, 2.45) is 5.73 Å². The van der Waals surface area contributed by atoms with Crippen LogP contribution in [0.1, 0.15) is 19.3 Å². The normalized spacial score (nSPS) is 27.9. The summed E-state index contributed by atoms with van der Waals surface area (Å²) in [6.07, 6.45) is 2.35. The number of piperidine rings is 1. The van der Waals surface area contributed by atoms with Gasteiger partial charge in [-0.25, -0.2) is 0 Å². The highest BCUT2D eigenvalue weighted by molar-refractivity contribution is 5.78. The van der Waals surface area contributed by atoms with Crippen molar-refractivity contribution in [1.82, 2.24) is 4.90 Å². The molecular formula is C10H20N2O3. The number of likely N-dealkylation sites (tertiary alicyclic amines) is 1. The summed E-state index contributed by atoms with van der Waals surface area (Å²) in [4.78, 5) is 13.1. The lowest BCUT2D eigenvalue weighted by atomic mass is 9.90. The van der Waals surface area contributed by atoms with E-state index in [1.54, 1.807) is 7.11 Å². The lowest BCUT2D eigenvalue weighted by molar-refractivity contribution is -0.145. The first-order valence-corrected chi connectivity index (χ1v) is 5.32. The zero-order valence-electron chi connectivity index (χ0n) is 9.24. The topological polar surface area (TPSA) is 75.8 Å². The molecule has 5 heteroatoms. The van der Waals surface area contributed by atoms with Gasteiger partial charge in [0.1, 0.15) is 5.54 Å². The van der Waals surface area contributed by atoms with Gasteiger partial charge in [-0.3, -0.25) is 4.79 Å². The molecule has 1 fully saturated rings. The van der Waals surface area contributed by atoms with Gasteiger partial charge < -0.3 is 20.5 Å². The quantitative estimate of drug-likeness (QED) is 0.628. The van der Waals surface area contributed by atoms with Crippen LogP contribution in [0.2, 0.25) is 0 Å². The molecule has 0 aromatic carbocycles. The van der Waals surface area contributed by atoms with Crippen molar-refractivity contribution in [3.63, 3.8) is 0 Å². The molecule has 1 saturated heterocycles. The van der Waals surface area contributed by atoms with Crippen LogP contribution >= 0.6 is 0 Å². The molecule has 0 aromatic rings. The van der Waals surface area contributed by atoms with Gasteiger partial charge in [-0.05, 0) is 25.8 Å². The van der Waals surface area contributed by atoms with Crippen molar-refractivity contribution in [3.8, 4) is 0 Å². The van der Waals surface area contributed by atoms with Gasteiger partial charge in [0, 0.05) is 26.8 Å². The summed E-state index contributed by atoms with van der Waals surface area (Å²) < 4.78 is 4.96. The minimum absolute atomic E-state index is 0.450. The van der Waals surface area contributed by atoms with Gasteiger partial charge in [-0.2, -0.15) is 0 Å². The van der Waals surface area contributed by atoms with Gasteiger partial charge in [0.2, 0.25) is 0 Å². The maximum atomic E-state index is 11.0. The largest absolute Gasteiger partial charge is 0.480 e.